The van der Waals surface area contributed by atoms with Gasteiger partial charge in [-0.1, -0.05) is 0 Å². The molecule has 0 amide bonds. The first kappa shape index (κ1) is 17.7. The molecule has 0 fully saturated rings. The van der Waals surface area contributed by atoms with Crippen molar-refractivity contribution in [3.05, 3.63) is 0 Å². The molecule has 14 heavy (non-hydrogen) atoms. The second-order valence-electron chi connectivity index (χ2n) is 3.62. The summed E-state index contributed by atoms with van der Waals surface area (Å²) in [6, 6.07) is 0. The van der Waals surface area contributed by atoms with E-state index in [4.69, 9.17) is 0 Å². The minimum atomic E-state index is -0.653. The fourth-order valence-corrected chi connectivity index (χ4v) is 8.93. The molecule has 0 aliphatic heterocycles. The molecule has 0 aromatic carbocycles. The van der Waals surface area contributed by atoms with E-state index in [1.165, 1.54) is 15.8 Å². The first-order valence-electron chi connectivity index (χ1n) is 6.36. The third-order valence-corrected chi connectivity index (χ3v) is 17.9. The Bertz CT molecular complexity index is 65.3. The molecule has 0 aliphatic carbocycles. The van der Waals surface area contributed by atoms with Crippen molar-refractivity contribution in [1.29, 1.82) is 0 Å². The van der Waals surface area contributed by atoms with Gasteiger partial charge in [-0.2, -0.15) is 0 Å². The van der Waals surface area contributed by atoms with Crippen LogP contribution in [0.15, 0.2) is 0 Å². The van der Waals surface area contributed by atoms with E-state index < -0.39 is 34.1 Å². The molecule has 0 unspecified atom stereocenters. The molecule has 2 radical (unpaired) electrons. The quantitative estimate of drug-likeness (QED) is 0.576. The van der Waals surface area contributed by atoms with E-state index in [2.05, 4.69) is 41.5 Å². The van der Waals surface area contributed by atoms with Crippen LogP contribution in [-0.4, -0.2) is 34.1 Å². The fraction of sp³-hybridized carbons (Fsp3) is 1.00. The monoisotopic (exact) mass is 368 g/mol. The van der Waals surface area contributed by atoms with E-state index >= 15 is 0 Å². The molecule has 0 aliphatic rings. The predicted molar refractivity (Wildman–Crippen MR) is 74.4 cm³/mol. The Labute approximate surface area is 104 Å². The van der Waals surface area contributed by atoms with E-state index in [1.54, 1.807) is 13.3 Å². The molecule has 2 heteroatoms. The van der Waals surface area contributed by atoms with Crippen LogP contribution in [0.4, 0.5) is 0 Å². The van der Waals surface area contributed by atoms with Crippen LogP contribution >= 0.6 is 0 Å². The van der Waals surface area contributed by atoms with Gasteiger partial charge in [0.05, 0.1) is 0 Å². The summed E-state index contributed by atoms with van der Waals surface area (Å²) < 4.78 is 4.65. The van der Waals surface area contributed by atoms with Crippen molar-refractivity contribution in [3.8, 4) is 0 Å². The topological polar surface area (TPSA) is 0 Å². The molecule has 86 valence electrons. The van der Waals surface area contributed by atoms with E-state index in [9.17, 15) is 0 Å². The Kier molecular flexibility index (Phi) is 18.2. The molecule has 0 saturated heterocycles. The van der Waals surface area contributed by atoms with Gasteiger partial charge in [-0.15, -0.1) is 0 Å². The molecule has 0 bridgehead atoms. The molecule has 0 rings (SSSR count). The van der Waals surface area contributed by atoms with Gasteiger partial charge in [0.2, 0.25) is 0 Å². The van der Waals surface area contributed by atoms with Gasteiger partial charge in [0.15, 0.2) is 0 Å². The molecule has 0 aromatic heterocycles. The summed E-state index contributed by atoms with van der Waals surface area (Å²) in [5, 5.41) is 4.56. The van der Waals surface area contributed by atoms with Crippen molar-refractivity contribution in [1.82, 2.24) is 0 Å². The van der Waals surface area contributed by atoms with E-state index in [0.29, 0.717) is 0 Å². The first-order chi connectivity index (χ1) is 6.69. The van der Waals surface area contributed by atoms with Crippen LogP contribution in [0.2, 0.25) is 29.1 Å². The maximum atomic E-state index is 2.35. The summed E-state index contributed by atoms with van der Waals surface area (Å²) in [6.07, 6.45) is 0. The molecule has 0 heterocycles. The number of hydrogen-bond acceptors (Lipinski definition) is 0. The van der Waals surface area contributed by atoms with Gasteiger partial charge in [0, 0.05) is 0 Å². The summed E-state index contributed by atoms with van der Waals surface area (Å²) in [6.45, 7) is 14.1. The van der Waals surface area contributed by atoms with Gasteiger partial charge in [0.25, 0.3) is 0 Å². The van der Waals surface area contributed by atoms with E-state index in [-0.39, 0.29) is 0 Å². The summed E-state index contributed by atoms with van der Waals surface area (Å²) in [7, 11) is 0. The Hall–Kier alpha value is 1.34. The summed E-state index contributed by atoms with van der Waals surface area (Å²) in [4.78, 5) is 0. The van der Waals surface area contributed by atoms with Crippen LogP contribution in [0.25, 0.3) is 0 Å². The van der Waals surface area contributed by atoms with Gasteiger partial charge in [-0.3, -0.25) is 0 Å². The number of rotatable bonds is 6. The van der Waals surface area contributed by atoms with E-state index in [1.807, 2.05) is 0 Å². The van der Waals surface area contributed by atoms with Crippen LogP contribution in [0.3, 0.4) is 0 Å². The van der Waals surface area contributed by atoms with Crippen molar-refractivity contribution in [2.45, 2.75) is 70.6 Å². The van der Waals surface area contributed by atoms with Gasteiger partial charge in [-0.05, 0) is 0 Å². The molecular formula is C12H30GeSn. The standard InChI is InChI=1S/C6H15Ge.3C2H5.Sn/c1-4-7(5-2)6-3;3*1-2;/h4-6H2,1-3H3;3*1H2,2H3;. The zero-order valence-corrected chi connectivity index (χ0v) is 16.2. The summed E-state index contributed by atoms with van der Waals surface area (Å²) in [5.74, 6) is 0. The second-order valence-corrected chi connectivity index (χ2v) is 21.6. The van der Waals surface area contributed by atoms with Crippen LogP contribution in [0.1, 0.15) is 41.5 Å². The SMILES string of the molecule is C[CH2][Ge]([CH2]C)[CH2]C.C[CH2][Sn]([CH2]C)[CH2]C. The zero-order chi connectivity index (χ0) is 11.4. The molecule has 0 aromatic rings. The Morgan fingerprint density at radius 3 is 0.929 bits per heavy atom. The Balaban J connectivity index is 0. The first-order valence-corrected chi connectivity index (χ1v) is 16.9. The zero-order valence-electron chi connectivity index (χ0n) is 11.2. The normalized spacial score (nSPS) is 10.3. The molecule has 0 N–H and O–H groups in total. The van der Waals surface area contributed by atoms with Gasteiger partial charge in [0.1, 0.15) is 0 Å². The van der Waals surface area contributed by atoms with Crippen molar-refractivity contribution < 1.29 is 0 Å². The van der Waals surface area contributed by atoms with Crippen molar-refractivity contribution in [2.75, 3.05) is 0 Å². The van der Waals surface area contributed by atoms with Crippen LogP contribution in [-0.2, 0) is 0 Å². The van der Waals surface area contributed by atoms with Crippen molar-refractivity contribution >= 4 is 34.1 Å². The van der Waals surface area contributed by atoms with Crippen LogP contribution in [0.5, 0.6) is 0 Å². The molecule has 0 atom stereocenters. The Morgan fingerprint density at radius 1 is 0.643 bits per heavy atom. The van der Waals surface area contributed by atoms with E-state index in [0.717, 1.165) is 0 Å². The van der Waals surface area contributed by atoms with Gasteiger partial charge in [-0.25, -0.2) is 0 Å². The van der Waals surface area contributed by atoms with Crippen LogP contribution in [0, 0.1) is 0 Å². The summed E-state index contributed by atoms with van der Waals surface area (Å²) in [5.41, 5.74) is 0. The fourth-order valence-electron chi connectivity index (χ4n) is 1.50. The van der Waals surface area contributed by atoms with Gasteiger partial charge >= 0.3 is 105 Å². The van der Waals surface area contributed by atoms with Crippen molar-refractivity contribution in [2.24, 2.45) is 0 Å². The third kappa shape index (κ3) is 11.4. The molecule has 0 nitrogen and oxygen atoms in total. The second kappa shape index (κ2) is 14.3. The average molecular weight is 366 g/mol. The Morgan fingerprint density at radius 2 is 0.929 bits per heavy atom. The maximum absolute atomic E-state index is 2.35. The van der Waals surface area contributed by atoms with Crippen molar-refractivity contribution in [3.63, 3.8) is 0 Å². The molecular weight excluding hydrogens is 335 g/mol. The van der Waals surface area contributed by atoms with Gasteiger partial charge < -0.3 is 0 Å². The third-order valence-electron chi connectivity index (χ3n) is 3.00. The molecule has 0 spiro atoms. The average Bonchev–Trinajstić information content (AvgIpc) is 2.24. The minimum absolute atomic E-state index is 0.403. The predicted octanol–water partition coefficient (Wildman–Crippen LogP) is 5.08. The summed E-state index contributed by atoms with van der Waals surface area (Å²) >= 11 is -1.06. The van der Waals surface area contributed by atoms with Crippen LogP contribution < -0.4 is 0 Å². The number of hydrogen-bond donors (Lipinski definition) is 0. The molecule has 0 saturated carbocycles.